The molecule has 0 aromatic rings. The highest BCUT2D eigenvalue weighted by atomic mass is 16.6. The largest absolute Gasteiger partial charge is 0.462 e. The first-order chi connectivity index (χ1) is 31.5. The van der Waals surface area contributed by atoms with Gasteiger partial charge in [-0.05, 0) is 57.8 Å². The Morgan fingerprint density at radius 1 is 0.328 bits per heavy atom. The maximum Gasteiger partial charge on any atom is 0.306 e. The van der Waals surface area contributed by atoms with Crippen LogP contribution in [0.5, 0.6) is 0 Å². The number of hydrogen-bond acceptors (Lipinski definition) is 6. The Bertz CT molecular complexity index is 1170. The van der Waals surface area contributed by atoms with Crippen LogP contribution < -0.4 is 0 Å². The molecule has 64 heavy (non-hydrogen) atoms. The molecule has 0 rings (SSSR count). The summed E-state index contributed by atoms with van der Waals surface area (Å²) in [5, 5.41) is 0. The number of esters is 3. The highest BCUT2D eigenvalue weighted by Gasteiger charge is 2.19. The second kappa shape index (κ2) is 52.7. The van der Waals surface area contributed by atoms with Gasteiger partial charge in [0.1, 0.15) is 13.2 Å². The van der Waals surface area contributed by atoms with E-state index in [4.69, 9.17) is 14.2 Å². The minimum atomic E-state index is -0.792. The number of unbranched alkanes of at least 4 members (excludes halogenated alkanes) is 28. The molecule has 0 N–H and O–H groups in total. The molecule has 370 valence electrons. The predicted molar refractivity (Wildman–Crippen MR) is 275 cm³/mol. The summed E-state index contributed by atoms with van der Waals surface area (Å²) in [5.41, 5.74) is 0. The number of allylic oxidation sites excluding steroid dienone is 10. The summed E-state index contributed by atoms with van der Waals surface area (Å²) in [6.45, 7) is 6.50. The van der Waals surface area contributed by atoms with Gasteiger partial charge in [-0.2, -0.15) is 0 Å². The fraction of sp³-hybridized carbons (Fsp3) is 0.776. The van der Waals surface area contributed by atoms with Crippen molar-refractivity contribution in [3.63, 3.8) is 0 Å². The van der Waals surface area contributed by atoms with E-state index in [0.717, 1.165) is 77.0 Å². The van der Waals surface area contributed by atoms with Crippen LogP contribution in [0.4, 0.5) is 0 Å². The molecule has 0 aromatic carbocycles. The summed E-state index contributed by atoms with van der Waals surface area (Å²) >= 11 is 0. The first kappa shape index (κ1) is 61.1. The molecule has 0 aliphatic rings. The second-order valence-electron chi connectivity index (χ2n) is 18.1. The van der Waals surface area contributed by atoms with Gasteiger partial charge in [0.05, 0.1) is 0 Å². The molecule has 0 radical (unpaired) electrons. The van der Waals surface area contributed by atoms with Gasteiger partial charge in [-0.25, -0.2) is 0 Å². The second-order valence-corrected chi connectivity index (χ2v) is 18.1. The molecule has 0 heterocycles. The molecule has 6 nitrogen and oxygen atoms in total. The van der Waals surface area contributed by atoms with Gasteiger partial charge >= 0.3 is 17.9 Å². The van der Waals surface area contributed by atoms with E-state index in [0.29, 0.717) is 19.3 Å². The van der Waals surface area contributed by atoms with Crippen molar-refractivity contribution in [3.8, 4) is 0 Å². The number of rotatable bonds is 49. The molecule has 1 atom stereocenters. The van der Waals surface area contributed by atoms with Crippen molar-refractivity contribution in [1.82, 2.24) is 0 Å². The minimum Gasteiger partial charge on any atom is -0.462 e. The third-order valence-corrected chi connectivity index (χ3v) is 11.8. The van der Waals surface area contributed by atoms with Crippen LogP contribution in [0.1, 0.15) is 271 Å². The molecule has 0 fully saturated rings. The Labute approximate surface area is 396 Å². The van der Waals surface area contributed by atoms with E-state index < -0.39 is 6.10 Å². The van der Waals surface area contributed by atoms with E-state index >= 15 is 0 Å². The van der Waals surface area contributed by atoms with Crippen molar-refractivity contribution in [2.24, 2.45) is 0 Å². The average molecular weight is 895 g/mol. The fourth-order valence-electron chi connectivity index (χ4n) is 7.71. The lowest BCUT2D eigenvalue weighted by molar-refractivity contribution is -0.167. The van der Waals surface area contributed by atoms with Crippen molar-refractivity contribution >= 4 is 17.9 Å². The molecule has 0 bridgehead atoms. The van der Waals surface area contributed by atoms with Crippen LogP contribution in [0.15, 0.2) is 60.8 Å². The van der Waals surface area contributed by atoms with Gasteiger partial charge < -0.3 is 14.2 Å². The molecule has 0 saturated carbocycles. The standard InChI is InChI=1S/C58H102O6/c1-4-7-10-13-16-19-22-25-27-29-31-33-36-39-42-45-48-51-57(60)63-54-55(53-62-56(59)50-47-44-41-38-35-24-21-18-15-12-9-6-3)64-58(61)52-49-46-43-40-37-34-32-30-28-26-23-20-17-14-11-8-5-2/h7,10,16,19,25,27,31,33,39,42,55H,4-6,8-9,11-15,17-18,20-24,26,28-30,32,34-38,40-41,43-54H2,1-3H3/b10-7-,19-16-,27-25-,33-31-,42-39-. The molecule has 6 heteroatoms. The van der Waals surface area contributed by atoms with Crippen LogP contribution in [0.2, 0.25) is 0 Å². The molecule has 0 aliphatic carbocycles. The highest BCUT2D eigenvalue weighted by Crippen LogP contribution is 2.16. The number of carbonyl (C=O) groups is 3. The lowest BCUT2D eigenvalue weighted by Gasteiger charge is -2.18. The van der Waals surface area contributed by atoms with Crippen LogP contribution in [0.25, 0.3) is 0 Å². The lowest BCUT2D eigenvalue weighted by Crippen LogP contribution is -2.30. The predicted octanol–water partition coefficient (Wildman–Crippen LogP) is 18.0. The normalized spacial score (nSPS) is 12.5. The SMILES string of the molecule is CC/C=C\C/C=C\C/C=C\C/C=C\C/C=C\CCCC(=O)OCC(COC(=O)CCCCCCCCCCCCCC)OC(=O)CCCCCCCCCCCCCCCCCCC. The first-order valence-electron chi connectivity index (χ1n) is 27.3. The number of carbonyl (C=O) groups excluding carboxylic acids is 3. The van der Waals surface area contributed by atoms with Crippen LogP contribution in [0, 0.1) is 0 Å². The topological polar surface area (TPSA) is 78.9 Å². The quantitative estimate of drug-likeness (QED) is 0.0262. The van der Waals surface area contributed by atoms with Crippen LogP contribution >= 0.6 is 0 Å². The zero-order chi connectivity index (χ0) is 46.5. The Kier molecular flexibility index (Phi) is 50.4. The molecule has 0 spiro atoms. The zero-order valence-electron chi connectivity index (χ0n) is 42.3. The molecule has 1 unspecified atom stereocenters. The fourth-order valence-corrected chi connectivity index (χ4v) is 7.71. The maximum absolute atomic E-state index is 12.8. The third-order valence-electron chi connectivity index (χ3n) is 11.8. The van der Waals surface area contributed by atoms with Crippen LogP contribution in [0.3, 0.4) is 0 Å². The first-order valence-corrected chi connectivity index (χ1v) is 27.3. The zero-order valence-corrected chi connectivity index (χ0v) is 42.3. The van der Waals surface area contributed by atoms with Crippen molar-refractivity contribution in [2.75, 3.05) is 13.2 Å². The molecule has 0 saturated heterocycles. The lowest BCUT2D eigenvalue weighted by atomic mass is 10.0. The van der Waals surface area contributed by atoms with Crippen molar-refractivity contribution in [1.29, 1.82) is 0 Å². The average Bonchev–Trinajstić information content (AvgIpc) is 3.29. The smallest absolute Gasteiger partial charge is 0.306 e. The number of hydrogen-bond donors (Lipinski definition) is 0. The Morgan fingerprint density at radius 2 is 0.609 bits per heavy atom. The Morgan fingerprint density at radius 3 is 0.953 bits per heavy atom. The summed E-state index contributed by atoms with van der Waals surface area (Å²) in [7, 11) is 0. The van der Waals surface area contributed by atoms with Gasteiger partial charge in [0, 0.05) is 19.3 Å². The highest BCUT2D eigenvalue weighted by molar-refractivity contribution is 5.71. The van der Waals surface area contributed by atoms with Crippen molar-refractivity contribution < 1.29 is 28.6 Å². The summed E-state index contributed by atoms with van der Waals surface area (Å²) < 4.78 is 16.8. The van der Waals surface area contributed by atoms with E-state index in [1.165, 1.54) is 148 Å². The Hall–Kier alpha value is -2.89. The van der Waals surface area contributed by atoms with Gasteiger partial charge in [0.15, 0.2) is 6.10 Å². The minimum absolute atomic E-state index is 0.0881. The monoisotopic (exact) mass is 895 g/mol. The van der Waals surface area contributed by atoms with E-state index in [1.807, 2.05) is 0 Å². The third kappa shape index (κ3) is 50.1. The van der Waals surface area contributed by atoms with Gasteiger partial charge in [0.2, 0.25) is 0 Å². The van der Waals surface area contributed by atoms with Gasteiger partial charge in [0.25, 0.3) is 0 Å². The van der Waals surface area contributed by atoms with E-state index in [9.17, 15) is 14.4 Å². The Balaban J connectivity index is 4.42. The molecular weight excluding hydrogens is 793 g/mol. The van der Waals surface area contributed by atoms with Gasteiger partial charge in [-0.15, -0.1) is 0 Å². The van der Waals surface area contributed by atoms with Crippen LogP contribution in [-0.4, -0.2) is 37.2 Å². The van der Waals surface area contributed by atoms with E-state index in [2.05, 4.69) is 81.5 Å². The molecule has 0 aliphatic heterocycles. The van der Waals surface area contributed by atoms with Crippen molar-refractivity contribution in [3.05, 3.63) is 60.8 Å². The van der Waals surface area contributed by atoms with Crippen LogP contribution in [-0.2, 0) is 28.6 Å². The van der Waals surface area contributed by atoms with Gasteiger partial charge in [-0.3, -0.25) is 14.4 Å². The summed E-state index contributed by atoms with van der Waals surface area (Å²) in [6.07, 6.45) is 65.0. The summed E-state index contributed by atoms with van der Waals surface area (Å²) in [4.78, 5) is 38.0. The molecule has 0 amide bonds. The van der Waals surface area contributed by atoms with E-state index in [1.54, 1.807) is 0 Å². The summed E-state index contributed by atoms with van der Waals surface area (Å²) in [5.74, 6) is -0.938. The summed E-state index contributed by atoms with van der Waals surface area (Å²) in [6, 6.07) is 0. The number of ether oxygens (including phenoxy) is 3. The van der Waals surface area contributed by atoms with Crippen molar-refractivity contribution in [2.45, 2.75) is 277 Å². The van der Waals surface area contributed by atoms with Gasteiger partial charge in [-0.1, -0.05) is 255 Å². The maximum atomic E-state index is 12.8. The molecular formula is C58H102O6. The van der Waals surface area contributed by atoms with E-state index in [-0.39, 0.29) is 37.5 Å². The molecule has 0 aromatic heterocycles.